The van der Waals surface area contributed by atoms with Crippen molar-refractivity contribution in [3.8, 4) is 11.4 Å². The highest BCUT2D eigenvalue weighted by molar-refractivity contribution is 5.99. The molecule has 3 aromatic rings. The number of H-pyrrole nitrogens is 1. The Balaban J connectivity index is 1.53. The number of benzene rings is 2. The summed E-state index contributed by atoms with van der Waals surface area (Å²) >= 11 is 0. The van der Waals surface area contributed by atoms with Gasteiger partial charge in [0.25, 0.3) is 5.91 Å². The van der Waals surface area contributed by atoms with E-state index in [1.165, 1.54) is 24.3 Å². The normalized spacial score (nSPS) is 10.4. The van der Waals surface area contributed by atoms with Gasteiger partial charge in [-0.1, -0.05) is 0 Å². The standard InChI is InChI=1S/C18H16FN5O2/c1-11-21-17(24-23-11)12-4-8-15(9-5-12)22-16(25)10-20-18(26)13-2-6-14(19)7-3-13/h2-9H,10H2,1H3,(H,20,26)(H,22,25)(H,21,23,24). The molecule has 8 heteroatoms. The number of anilines is 1. The van der Waals surface area contributed by atoms with Crippen molar-refractivity contribution in [2.75, 3.05) is 11.9 Å². The van der Waals surface area contributed by atoms with Gasteiger partial charge in [0.05, 0.1) is 6.54 Å². The number of carbonyl (C=O) groups is 2. The molecule has 7 nitrogen and oxygen atoms in total. The summed E-state index contributed by atoms with van der Waals surface area (Å²) in [7, 11) is 0. The van der Waals surface area contributed by atoms with E-state index in [4.69, 9.17) is 0 Å². The number of aryl methyl sites for hydroxylation is 1. The molecular weight excluding hydrogens is 337 g/mol. The third-order valence-corrected chi connectivity index (χ3v) is 3.54. The number of nitrogens with zero attached hydrogens (tertiary/aromatic N) is 2. The number of aromatic amines is 1. The fourth-order valence-electron chi connectivity index (χ4n) is 2.24. The molecule has 132 valence electrons. The molecule has 1 aromatic heterocycles. The van der Waals surface area contributed by atoms with Gasteiger partial charge in [0.1, 0.15) is 11.6 Å². The summed E-state index contributed by atoms with van der Waals surface area (Å²) in [6.45, 7) is 1.61. The van der Waals surface area contributed by atoms with Crippen LogP contribution >= 0.6 is 0 Å². The van der Waals surface area contributed by atoms with Crippen molar-refractivity contribution < 1.29 is 14.0 Å². The summed E-state index contributed by atoms with van der Waals surface area (Å²) in [6.07, 6.45) is 0. The van der Waals surface area contributed by atoms with Crippen molar-refractivity contribution in [3.63, 3.8) is 0 Å². The number of rotatable bonds is 5. The van der Waals surface area contributed by atoms with E-state index >= 15 is 0 Å². The molecule has 0 aliphatic carbocycles. The zero-order chi connectivity index (χ0) is 18.5. The van der Waals surface area contributed by atoms with Crippen molar-refractivity contribution >= 4 is 17.5 Å². The lowest BCUT2D eigenvalue weighted by molar-refractivity contribution is -0.115. The number of nitrogens with one attached hydrogen (secondary N) is 3. The van der Waals surface area contributed by atoms with Gasteiger partial charge in [-0.05, 0) is 55.5 Å². The number of hydrogen-bond acceptors (Lipinski definition) is 4. The summed E-state index contributed by atoms with van der Waals surface area (Å²) in [6, 6.07) is 12.1. The third-order valence-electron chi connectivity index (χ3n) is 3.54. The minimum Gasteiger partial charge on any atom is -0.343 e. The van der Waals surface area contributed by atoms with Crippen LogP contribution < -0.4 is 10.6 Å². The second-order valence-electron chi connectivity index (χ2n) is 5.56. The van der Waals surface area contributed by atoms with Crippen molar-refractivity contribution in [1.29, 1.82) is 0 Å². The van der Waals surface area contributed by atoms with Crippen LogP contribution in [0.3, 0.4) is 0 Å². The molecule has 0 atom stereocenters. The van der Waals surface area contributed by atoms with Crippen molar-refractivity contribution in [1.82, 2.24) is 20.5 Å². The average molecular weight is 353 g/mol. The van der Waals surface area contributed by atoms with E-state index in [0.717, 1.165) is 5.56 Å². The van der Waals surface area contributed by atoms with Crippen LogP contribution in [0.2, 0.25) is 0 Å². The van der Waals surface area contributed by atoms with E-state index in [1.807, 2.05) is 6.92 Å². The average Bonchev–Trinajstić information content (AvgIpc) is 3.07. The van der Waals surface area contributed by atoms with Crippen LogP contribution in [-0.2, 0) is 4.79 Å². The second-order valence-corrected chi connectivity index (χ2v) is 5.56. The molecule has 3 rings (SSSR count). The SMILES string of the molecule is Cc1nc(-c2ccc(NC(=O)CNC(=O)c3ccc(F)cc3)cc2)n[nH]1. The predicted molar refractivity (Wildman–Crippen MR) is 93.9 cm³/mol. The quantitative estimate of drug-likeness (QED) is 0.655. The van der Waals surface area contributed by atoms with E-state index in [2.05, 4.69) is 25.8 Å². The molecule has 1 heterocycles. The first kappa shape index (κ1) is 17.3. The summed E-state index contributed by atoms with van der Waals surface area (Å²) < 4.78 is 12.8. The van der Waals surface area contributed by atoms with E-state index < -0.39 is 11.7 Å². The zero-order valence-corrected chi connectivity index (χ0v) is 13.9. The van der Waals surface area contributed by atoms with Gasteiger partial charge in [-0.2, -0.15) is 5.10 Å². The number of amides is 2. The molecule has 0 saturated heterocycles. The van der Waals surface area contributed by atoms with Crippen LogP contribution in [-0.4, -0.2) is 33.5 Å². The monoisotopic (exact) mass is 353 g/mol. The first-order valence-corrected chi connectivity index (χ1v) is 7.84. The summed E-state index contributed by atoms with van der Waals surface area (Å²) in [5.74, 6) is 0.0431. The number of aromatic nitrogens is 3. The Labute approximate surface area is 148 Å². The Morgan fingerprint density at radius 3 is 2.38 bits per heavy atom. The first-order chi connectivity index (χ1) is 12.5. The van der Waals surface area contributed by atoms with E-state index in [-0.39, 0.29) is 18.0 Å². The minimum atomic E-state index is -0.449. The van der Waals surface area contributed by atoms with Gasteiger partial charge < -0.3 is 10.6 Å². The highest BCUT2D eigenvalue weighted by Crippen LogP contribution is 2.17. The molecule has 0 aliphatic heterocycles. The molecule has 0 spiro atoms. The van der Waals surface area contributed by atoms with Gasteiger partial charge in [0.15, 0.2) is 5.82 Å². The number of halogens is 1. The van der Waals surface area contributed by atoms with Crippen LogP contribution in [0, 0.1) is 12.7 Å². The fourth-order valence-corrected chi connectivity index (χ4v) is 2.24. The lowest BCUT2D eigenvalue weighted by atomic mass is 10.2. The maximum Gasteiger partial charge on any atom is 0.251 e. The van der Waals surface area contributed by atoms with Gasteiger partial charge in [-0.15, -0.1) is 0 Å². The molecule has 3 N–H and O–H groups in total. The Kier molecular flexibility index (Phi) is 5.02. The topological polar surface area (TPSA) is 99.8 Å². The summed E-state index contributed by atoms with van der Waals surface area (Å²) in [4.78, 5) is 28.1. The molecule has 0 saturated carbocycles. The fraction of sp³-hybridized carbons (Fsp3) is 0.111. The smallest absolute Gasteiger partial charge is 0.251 e. The Morgan fingerprint density at radius 1 is 1.08 bits per heavy atom. The Morgan fingerprint density at radius 2 is 1.77 bits per heavy atom. The van der Waals surface area contributed by atoms with Crippen LogP contribution in [0.5, 0.6) is 0 Å². The highest BCUT2D eigenvalue weighted by atomic mass is 19.1. The largest absolute Gasteiger partial charge is 0.343 e. The number of carbonyl (C=O) groups excluding carboxylic acids is 2. The minimum absolute atomic E-state index is 0.196. The Hall–Kier alpha value is -3.55. The molecule has 0 radical (unpaired) electrons. The second kappa shape index (κ2) is 7.56. The van der Waals surface area contributed by atoms with Crippen LogP contribution in [0.1, 0.15) is 16.2 Å². The molecule has 0 bridgehead atoms. The molecule has 2 aromatic carbocycles. The van der Waals surface area contributed by atoms with E-state index in [9.17, 15) is 14.0 Å². The van der Waals surface area contributed by atoms with Crippen LogP contribution in [0.4, 0.5) is 10.1 Å². The van der Waals surface area contributed by atoms with Gasteiger partial charge in [-0.25, -0.2) is 9.37 Å². The maximum atomic E-state index is 12.8. The van der Waals surface area contributed by atoms with Gasteiger partial charge in [0, 0.05) is 16.8 Å². The van der Waals surface area contributed by atoms with Gasteiger partial charge in [-0.3, -0.25) is 14.7 Å². The zero-order valence-electron chi connectivity index (χ0n) is 13.9. The van der Waals surface area contributed by atoms with E-state index in [0.29, 0.717) is 17.3 Å². The molecule has 2 amide bonds. The van der Waals surface area contributed by atoms with Crippen molar-refractivity contribution in [2.24, 2.45) is 0 Å². The molecular formula is C18H16FN5O2. The first-order valence-electron chi connectivity index (χ1n) is 7.84. The summed E-state index contributed by atoms with van der Waals surface area (Å²) in [5.41, 5.74) is 1.68. The van der Waals surface area contributed by atoms with Gasteiger partial charge >= 0.3 is 0 Å². The maximum absolute atomic E-state index is 12.8. The predicted octanol–water partition coefficient (Wildman–Crippen LogP) is 2.29. The number of hydrogen-bond donors (Lipinski definition) is 3. The van der Waals surface area contributed by atoms with E-state index in [1.54, 1.807) is 24.3 Å². The van der Waals surface area contributed by atoms with Crippen molar-refractivity contribution in [2.45, 2.75) is 6.92 Å². The van der Waals surface area contributed by atoms with Crippen LogP contribution in [0.25, 0.3) is 11.4 Å². The Bertz CT molecular complexity index is 920. The van der Waals surface area contributed by atoms with Gasteiger partial charge in [0.2, 0.25) is 5.91 Å². The lowest BCUT2D eigenvalue weighted by Gasteiger charge is -2.07. The highest BCUT2D eigenvalue weighted by Gasteiger charge is 2.09. The molecule has 0 unspecified atom stereocenters. The summed E-state index contributed by atoms with van der Waals surface area (Å²) in [5, 5.41) is 12.0. The molecule has 26 heavy (non-hydrogen) atoms. The lowest BCUT2D eigenvalue weighted by Crippen LogP contribution is -2.32. The van der Waals surface area contributed by atoms with Crippen molar-refractivity contribution in [3.05, 3.63) is 65.7 Å². The molecule has 0 aliphatic rings. The van der Waals surface area contributed by atoms with Crippen LogP contribution in [0.15, 0.2) is 48.5 Å². The molecule has 0 fully saturated rings. The third kappa shape index (κ3) is 4.29.